The second kappa shape index (κ2) is 7.84. The van der Waals surface area contributed by atoms with E-state index < -0.39 is 0 Å². The number of benzene rings is 1. The number of anilines is 1. The van der Waals surface area contributed by atoms with E-state index in [2.05, 4.69) is 36.3 Å². The van der Waals surface area contributed by atoms with Gasteiger partial charge in [-0.25, -0.2) is 9.97 Å². The van der Waals surface area contributed by atoms with Gasteiger partial charge in [0, 0.05) is 41.9 Å². The maximum absolute atomic E-state index is 12.8. The third kappa shape index (κ3) is 3.60. The predicted octanol–water partition coefficient (Wildman–Crippen LogP) is 4.41. The van der Waals surface area contributed by atoms with E-state index >= 15 is 0 Å². The number of aromatic nitrogens is 3. The first kappa shape index (κ1) is 19.8. The first-order valence-electron chi connectivity index (χ1n) is 11.2. The van der Waals surface area contributed by atoms with Gasteiger partial charge in [0.25, 0.3) is 5.91 Å². The van der Waals surface area contributed by atoms with Crippen molar-refractivity contribution in [2.75, 3.05) is 18.4 Å². The SMILES string of the molecule is CC(C)Nc1nc(-c2ccccc2)nc2c1CCC21CCN(C(=O)c2ccc[nH]2)CC1. The second-order valence-corrected chi connectivity index (χ2v) is 9.04. The van der Waals surface area contributed by atoms with E-state index in [0.717, 1.165) is 56.0 Å². The lowest BCUT2D eigenvalue weighted by Gasteiger charge is -2.39. The summed E-state index contributed by atoms with van der Waals surface area (Å²) in [7, 11) is 0. The molecule has 1 aromatic carbocycles. The number of amides is 1. The number of carbonyl (C=O) groups is 1. The summed E-state index contributed by atoms with van der Waals surface area (Å²) in [6.45, 7) is 5.81. The lowest BCUT2D eigenvalue weighted by molar-refractivity contribution is 0.0658. The molecule has 1 fully saturated rings. The predicted molar refractivity (Wildman–Crippen MR) is 122 cm³/mol. The number of rotatable bonds is 4. The normalized spacial score (nSPS) is 17.2. The first-order chi connectivity index (χ1) is 15.1. The third-order valence-electron chi connectivity index (χ3n) is 6.66. The van der Waals surface area contributed by atoms with E-state index in [1.807, 2.05) is 35.2 Å². The molecule has 1 saturated heterocycles. The summed E-state index contributed by atoms with van der Waals surface area (Å²) < 4.78 is 0. The topological polar surface area (TPSA) is 73.9 Å². The number of fused-ring (bicyclic) bond motifs is 2. The number of nitrogens with zero attached hydrogens (tertiary/aromatic N) is 3. The molecule has 6 heteroatoms. The molecular weight excluding hydrogens is 386 g/mol. The third-order valence-corrected chi connectivity index (χ3v) is 6.66. The molecule has 0 atom stereocenters. The monoisotopic (exact) mass is 415 g/mol. The van der Waals surface area contributed by atoms with Gasteiger partial charge in [-0.1, -0.05) is 30.3 Å². The van der Waals surface area contributed by atoms with E-state index in [0.29, 0.717) is 11.7 Å². The van der Waals surface area contributed by atoms with Crippen molar-refractivity contribution in [2.45, 2.75) is 51.0 Å². The smallest absolute Gasteiger partial charge is 0.270 e. The first-order valence-corrected chi connectivity index (χ1v) is 11.2. The van der Waals surface area contributed by atoms with Gasteiger partial charge < -0.3 is 15.2 Å². The van der Waals surface area contributed by atoms with Crippen LogP contribution in [0, 0.1) is 0 Å². The fraction of sp³-hybridized carbons (Fsp3) is 0.400. The lowest BCUT2D eigenvalue weighted by Crippen LogP contribution is -2.44. The van der Waals surface area contributed by atoms with Crippen LogP contribution in [0.25, 0.3) is 11.4 Å². The molecular formula is C25H29N5O. The molecule has 1 amide bonds. The molecule has 3 aromatic rings. The molecule has 1 spiro atoms. The molecule has 0 saturated carbocycles. The standard InChI is InChI=1S/C25H29N5O/c1-17(2)27-23-19-10-11-25(21(19)28-22(29-23)18-7-4-3-5-8-18)12-15-30(16-13-25)24(31)20-9-6-14-26-20/h3-9,14,17,26H,10-13,15-16H2,1-2H3,(H,27,28,29). The summed E-state index contributed by atoms with van der Waals surface area (Å²) in [5, 5.41) is 3.56. The molecule has 2 aromatic heterocycles. The van der Waals surface area contributed by atoms with Crippen molar-refractivity contribution in [1.29, 1.82) is 0 Å². The van der Waals surface area contributed by atoms with Crippen molar-refractivity contribution in [1.82, 2.24) is 19.9 Å². The largest absolute Gasteiger partial charge is 0.368 e. The average Bonchev–Trinajstić information content (AvgIpc) is 3.44. The van der Waals surface area contributed by atoms with Crippen molar-refractivity contribution < 1.29 is 4.79 Å². The van der Waals surface area contributed by atoms with Crippen molar-refractivity contribution in [3.8, 4) is 11.4 Å². The maximum atomic E-state index is 12.8. The molecule has 0 radical (unpaired) electrons. The van der Waals surface area contributed by atoms with Gasteiger partial charge in [0.1, 0.15) is 11.5 Å². The van der Waals surface area contributed by atoms with Gasteiger partial charge in [0.2, 0.25) is 0 Å². The molecule has 2 aliphatic rings. The van der Waals surface area contributed by atoms with Crippen LogP contribution >= 0.6 is 0 Å². The van der Waals surface area contributed by atoms with Crippen molar-refractivity contribution >= 4 is 11.7 Å². The number of likely N-dealkylation sites (tertiary alicyclic amines) is 1. The highest BCUT2D eigenvalue weighted by molar-refractivity contribution is 5.92. The van der Waals surface area contributed by atoms with Gasteiger partial charge in [0.05, 0.1) is 5.69 Å². The molecule has 1 aliphatic carbocycles. The van der Waals surface area contributed by atoms with Crippen LogP contribution in [0.2, 0.25) is 0 Å². The van der Waals surface area contributed by atoms with Crippen LogP contribution in [-0.2, 0) is 11.8 Å². The van der Waals surface area contributed by atoms with Crippen LogP contribution in [0.5, 0.6) is 0 Å². The zero-order valence-corrected chi connectivity index (χ0v) is 18.2. The van der Waals surface area contributed by atoms with Crippen LogP contribution < -0.4 is 5.32 Å². The summed E-state index contributed by atoms with van der Waals surface area (Å²) in [6, 6.07) is 14.2. The van der Waals surface area contributed by atoms with E-state index in [1.54, 1.807) is 6.20 Å². The van der Waals surface area contributed by atoms with Gasteiger partial charge in [-0.05, 0) is 51.7 Å². The molecule has 2 N–H and O–H groups in total. The average molecular weight is 416 g/mol. The van der Waals surface area contributed by atoms with E-state index in [-0.39, 0.29) is 11.3 Å². The van der Waals surface area contributed by atoms with Gasteiger partial charge >= 0.3 is 0 Å². The number of carbonyl (C=O) groups excluding carboxylic acids is 1. The molecule has 6 nitrogen and oxygen atoms in total. The molecule has 1 aliphatic heterocycles. The van der Waals surface area contributed by atoms with Crippen LogP contribution in [0.15, 0.2) is 48.7 Å². The lowest BCUT2D eigenvalue weighted by atomic mass is 9.76. The highest BCUT2D eigenvalue weighted by atomic mass is 16.2. The highest BCUT2D eigenvalue weighted by Crippen LogP contribution is 2.47. The molecule has 5 rings (SSSR count). The van der Waals surface area contributed by atoms with Gasteiger partial charge in [-0.15, -0.1) is 0 Å². The van der Waals surface area contributed by atoms with Crippen molar-refractivity contribution in [3.05, 3.63) is 65.6 Å². The fourth-order valence-electron chi connectivity index (χ4n) is 5.01. The van der Waals surface area contributed by atoms with E-state index in [1.165, 1.54) is 11.3 Å². The van der Waals surface area contributed by atoms with Gasteiger partial charge in [-0.3, -0.25) is 4.79 Å². The maximum Gasteiger partial charge on any atom is 0.270 e. The molecule has 0 unspecified atom stereocenters. The van der Waals surface area contributed by atoms with Crippen molar-refractivity contribution in [3.63, 3.8) is 0 Å². The van der Waals surface area contributed by atoms with Gasteiger partial charge in [0.15, 0.2) is 5.82 Å². The zero-order valence-electron chi connectivity index (χ0n) is 18.2. The Bertz CT molecular complexity index is 1070. The minimum absolute atomic E-state index is 0.0295. The number of piperidine rings is 1. The Kier molecular flexibility index (Phi) is 5.00. The summed E-state index contributed by atoms with van der Waals surface area (Å²) >= 11 is 0. The second-order valence-electron chi connectivity index (χ2n) is 9.04. The minimum Gasteiger partial charge on any atom is -0.368 e. The van der Waals surface area contributed by atoms with Crippen molar-refractivity contribution in [2.24, 2.45) is 0 Å². The number of hydrogen-bond acceptors (Lipinski definition) is 4. The Hall–Kier alpha value is -3.15. The molecule has 31 heavy (non-hydrogen) atoms. The zero-order chi connectivity index (χ0) is 21.4. The number of aromatic amines is 1. The number of H-pyrrole nitrogens is 1. The minimum atomic E-state index is 0.0295. The van der Waals surface area contributed by atoms with E-state index in [4.69, 9.17) is 9.97 Å². The Balaban J connectivity index is 1.47. The molecule has 3 heterocycles. The summed E-state index contributed by atoms with van der Waals surface area (Å²) in [5.74, 6) is 1.85. The number of nitrogens with one attached hydrogen (secondary N) is 2. The summed E-state index contributed by atoms with van der Waals surface area (Å²) in [6.07, 6.45) is 5.76. The fourth-order valence-corrected chi connectivity index (χ4v) is 5.01. The Labute approximate surface area is 183 Å². The molecule has 160 valence electrons. The number of hydrogen-bond donors (Lipinski definition) is 2. The Morgan fingerprint density at radius 3 is 2.52 bits per heavy atom. The van der Waals surface area contributed by atoms with E-state index in [9.17, 15) is 4.79 Å². The Morgan fingerprint density at radius 1 is 1.06 bits per heavy atom. The molecule has 0 bridgehead atoms. The Morgan fingerprint density at radius 2 is 1.84 bits per heavy atom. The van der Waals surface area contributed by atoms with Gasteiger partial charge in [-0.2, -0.15) is 0 Å². The quantitative estimate of drug-likeness (QED) is 0.662. The van der Waals surface area contributed by atoms with Crippen LogP contribution in [0.1, 0.15) is 54.9 Å². The summed E-state index contributed by atoms with van der Waals surface area (Å²) in [4.78, 5) is 27.8. The van der Waals surface area contributed by atoms with Crippen LogP contribution in [0.3, 0.4) is 0 Å². The van der Waals surface area contributed by atoms with Crippen LogP contribution in [-0.4, -0.2) is 44.9 Å². The van der Waals surface area contributed by atoms with Crippen LogP contribution in [0.4, 0.5) is 5.82 Å². The summed E-state index contributed by atoms with van der Waals surface area (Å²) in [5.41, 5.74) is 4.19. The highest BCUT2D eigenvalue weighted by Gasteiger charge is 2.45.